The SMILES string of the molecule is CN(C)C(=O)c1ccc(CNC(=O)CC2COCCN2)cc1. The van der Waals surface area contributed by atoms with E-state index >= 15 is 0 Å². The lowest BCUT2D eigenvalue weighted by molar-refractivity contribution is -0.122. The molecule has 1 aliphatic heterocycles. The van der Waals surface area contributed by atoms with Crippen molar-refractivity contribution in [1.29, 1.82) is 0 Å². The second-order valence-electron chi connectivity index (χ2n) is 5.60. The average Bonchev–Trinajstić information content (AvgIpc) is 2.53. The second kappa shape index (κ2) is 7.91. The first kappa shape index (κ1) is 16.5. The van der Waals surface area contributed by atoms with Gasteiger partial charge in [-0.3, -0.25) is 9.59 Å². The van der Waals surface area contributed by atoms with Crippen LogP contribution in [0.15, 0.2) is 24.3 Å². The number of morpholine rings is 1. The maximum absolute atomic E-state index is 11.9. The highest BCUT2D eigenvalue weighted by molar-refractivity contribution is 5.93. The Kier molecular flexibility index (Phi) is 5.91. The lowest BCUT2D eigenvalue weighted by Crippen LogP contribution is -2.44. The van der Waals surface area contributed by atoms with Crippen molar-refractivity contribution in [3.8, 4) is 0 Å². The van der Waals surface area contributed by atoms with Crippen molar-refractivity contribution >= 4 is 11.8 Å². The molecule has 2 N–H and O–H groups in total. The highest BCUT2D eigenvalue weighted by atomic mass is 16.5. The summed E-state index contributed by atoms with van der Waals surface area (Å²) in [5.74, 6) is -0.0320. The minimum atomic E-state index is -0.0287. The molecule has 1 aliphatic rings. The maximum atomic E-state index is 11.9. The molecule has 1 aromatic rings. The summed E-state index contributed by atoms with van der Waals surface area (Å²) in [6.45, 7) is 2.53. The molecular weight excluding hydrogens is 282 g/mol. The lowest BCUT2D eigenvalue weighted by atomic mass is 10.1. The Morgan fingerprint density at radius 1 is 1.32 bits per heavy atom. The molecule has 0 saturated carbocycles. The standard InChI is InChI=1S/C16H23N3O3/c1-19(2)16(21)13-5-3-12(4-6-13)10-18-15(20)9-14-11-22-8-7-17-14/h3-6,14,17H,7-11H2,1-2H3,(H,18,20). The van der Waals surface area contributed by atoms with Crippen LogP contribution in [0.25, 0.3) is 0 Å². The number of nitrogens with zero attached hydrogens (tertiary/aromatic N) is 1. The fraction of sp³-hybridized carbons (Fsp3) is 0.500. The predicted octanol–water partition coefficient (Wildman–Crippen LogP) is 0.383. The topological polar surface area (TPSA) is 70.7 Å². The van der Waals surface area contributed by atoms with Crippen molar-refractivity contribution in [2.24, 2.45) is 0 Å². The maximum Gasteiger partial charge on any atom is 0.253 e. The number of benzene rings is 1. The fourth-order valence-corrected chi connectivity index (χ4v) is 2.27. The number of nitrogens with one attached hydrogen (secondary N) is 2. The van der Waals surface area contributed by atoms with Crippen LogP contribution >= 0.6 is 0 Å². The van der Waals surface area contributed by atoms with Gasteiger partial charge in [-0.1, -0.05) is 12.1 Å². The number of rotatable bonds is 5. The third-order valence-electron chi connectivity index (χ3n) is 3.53. The van der Waals surface area contributed by atoms with E-state index in [2.05, 4.69) is 10.6 Å². The summed E-state index contributed by atoms with van der Waals surface area (Å²) in [6, 6.07) is 7.37. The summed E-state index contributed by atoms with van der Waals surface area (Å²) >= 11 is 0. The van der Waals surface area contributed by atoms with E-state index in [0.29, 0.717) is 31.7 Å². The molecule has 0 spiro atoms. The Morgan fingerprint density at radius 3 is 2.64 bits per heavy atom. The summed E-state index contributed by atoms with van der Waals surface area (Å²) in [6.07, 6.45) is 0.414. The molecule has 22 heavy (non-hydrogen) atoms. The molecule has 1 unspecified atom stereocenters. The van der Waals surface area contributed by atoms with E-state index in [0.717, 1.165) is 12.1 Å². The van der Waals surface area contributed by atoms with Crippen LogP contribution in [0, 0.1) is 0 Å². The van der Waals surface area contributed by atoms with E-state index in [9.17, 15) is 9.59 Å². The molecule has 1 saturated heterocycles. The molecule has 0 aliphatic carbocycles. The minimum absolute atomic E-state index is 0.00329. The molecule has 1 fully saturated rings. The molecule has 120 valence electrons. The van der Waals surface area contributed by atoms with Gasteiger partial charge in [-0.15, -0.1) is 0 Å². The molecule has 2 amide bonds. The Labute approximate surface area is 130 Å². The van der Waals surface area contributed by atoms with Gasteiger partial charge in [0.2, 0.25) is 5.91 Å². The normalized spacial score (nSPS) is 17.8. The number of hydrogen-bond acceptors (Lipinski definition) is 4. The molecule has 6 nitrogen and oxygen atoms in total. The number of amides is 2. The largest absolute Gasteiger partial charge is 0.378 e. The van der Waals surface area contributed by atoms with E-state index in [-0.39, 0.29) is 17.9 Å². The van der Waals surface area contributed by atoms with Gasteiger partial charge in [-0.2, -0.15) is 0 Å². The first-order valence-electron chi connectivity index (χ1n) is 7.44. The molecule has 2 rings (SSSR count). The zero-order valence-corrected chi connectivity index (χ0v) is 13.1. The van der Waals surface area contributed by atoms with Crippen molar-refractivity contribution in [3.63, 3.8) is 0 Å². The average molecular weight is 305 g/mol. The summed E-state index contributed by atoms with van der Waals surface area (Å²) in [7, 11) is 3.44. The van der Waals surface area contributed by atoms with E-state index in [1.165, 1.54) is 4.90 Å². The van der Waals surface area contributed by atoms with Gasteiger partial charge in [-0.05, 0) is 17.7 Å². The lowest BCUT2D eigenvalue weighted by Gasteiger charge is -2.23. The van der Waals surface area contributed by atoms with Crippen molar-refractivity contribution in [2.45, 2.75) is 19.0 Å². The molecule has 6 heteroatoms. The van der Waals surface area contributed by atoms with Crippen LogP contribution in [-0.2, 0) is 16.1 Å². The first-order chi connectivity index (χ1) is 10.6. The van der Waals surface area contributed by atoms with Gasteiger partial charge in [0.1, 0.15) is 0 Å². The van der Waals surface area contributed by atoms with Crippen LogP contribution in [-0.4, -0.2) is 56.6 Å². The number of carbonyl (C=O) groups excluding carboxylic acids is 2. The third kappa shape index (κ3) is 4.82. The van der Waals surface area contributed by atoms with E-state index in [1.807, 2.05) is 12.1 Å². The third-order valence-corrected chi connectivity index (χ3v) is 3.53. The first-order valence-corrected chi connectivity index (χ1v) is 7.44. The van der Waals surface area contributed by atoms with Crippen molar-refractivity contribution in [2.75, 3.05) is 33.9 Å². The van der Waals surface area contributed by atoms with E-state index < -0.39 is 0 Å². The highest BCUT2D eigenvalue weighted by Gasteiger charge is 2.16. The molecule has 1 heterocycles. The van der Waals surface area contributed by atoms with Gasteiger partial charge in [0.15, 0.2) is 0 Å². The monoisotopic (exact) mass is 305 g/mol. The van der Waals surface area contributed by atoms with Crippen LogP contribution in [0.5, 0.6) is 0 Å². The van der Waals surface area contributed by atoms with Crippen LogP contribution in [0.4, 0.5) is 0 Å². The Bertz CT molecular complexity index is 508. The van der Waals surface area contributed by atoms with E-state index in [1.54, 1.807) is 26.2 Å². The zero-order chi connectivity index (χ0) is 15.9. The van der Waals surface area contributed by atoms with Crippen molar-refractivity contribution < 1.29 is 14.3 Å². The van der Waals surface area contributed by atoms with Gasteiger partial charge in [-0.25, -0.2) is 0 Å². The minimum Gasteiger partial charge on any atom is -0.378 e. The molecule has 0 radical (unpaired) electrons. The quantitative estimate of drug-likeness (QED) is 0.825. The zero-order valence-electron chi connectivity index (χ0n) is 13.1. The summed E-state index contributed by atoms with van der Waals surface area (Å²) in [5, 5.41) is 6.14. The number of carbonyl (C=O) groups is 2. The molecule has 1 aromatic carbocycles. The van der Waals surface area contributed by atoms with Crippen LogP contribution < -0.4 is 10.6 Å². The van der Waals surface area contributed by atoms with Crippen LogP contribution in [0.1, 0.15) is 22.3 Å². The predicted molar refractivity (Wildman–Crippen MR) is 83.5 cm³/mol. The summed E-state index contributed by atoms with van der Waals surface area (Å²) < 4.78 is 5.32. The van der Waals surface area contributed by atoms with Crippen LogP contribution in [0.2, 0.25) is 0 Å². The molecule has 0 bridgehead atoms. The smallest absolute Gasteiger partial charge is 0.253 e. The Hall–Kier alpha value is -1.92. The number of hydrogen-bond donors (Lipinski definition) is 2. The molecular formula is C16H23N3O3. The van der Waals surface area contributed by atoms with Gasteiger partial charge < -0.3 is 20.3 Å². The second-order valence-corrected chi connectivity index (χ2v) is 5.60. The van der Waals surface area contributed by atoms with Gasteiger partial charge >= 0.3 is 0 Å². The summed E-state index contributed by atoms with van der Waals surface area (Å²) in [4.78, 5) is 25.2. The summed E-state index contributed by atoms with van der Waals surface area (Å²) in [5.41, 5.74) is 1.61. The van der Waals surface area contributed by atoms with Crippen molar-refractivity contribution in [3.05, 3.63) is 35.4 Å². The Balaban J connectivity index is 1.78. The molecule has 1 atom stereocenters. The number of ether oxygens (including phenoxy) is 1. The Morgan fingerprint density at radius 2 is 2.05 bits per heavy atom. The molecule has 0 aromatic heterocycles. The highest BCUT2D eigenvalue weighted by Crippen LogP contribution is 2.06. The van der Waals surface area contributed by atoms with Gasteiger partial charge in [0, 0.05) is 45.2 Å². The van der Waals surface area contributed by atoms with Gasteiger partial charge in [0.25, 0.3) is 5.91 Å². The van der Waals surface area contributed by atoms with Crippen LogP contribution in [0.3, 0.4) is 0 Å². The van der Waals surface area contributed by atoms with E-state index in [4.69, 9.17) is 4.74 Å². The van der Waals surface area contributed by atoms with Crippen molar-refractivity contribution in [1.82, 2.24) is 15.5 Å². The fourth-order valence-electron chi connectivity index (χ4n) is 2.27. The van der Waals surface area contributed by atoms with Gasteiger partial charge in [0.05, 0.1) is 13.2 Å².